The maximum atomic E-state index is 13.5. The number of benzene rings is 2. The van der Waals surface area contributed by atoms with E-state index in [1.54, 1.807) is 18.0 Å². The minimum Gasteiger partial charge on any atom is -0.360 e. The largest absolute Gasteiger partial charge is 0.360 e. The van der Waals surface area contributed by atoms with Crippen LogP contribution in [0.3, 0.4) is 0 Å². The molecule has 0 aliphatic carbocycles. The lowest BCUT2D eigenvalue weighted by Crippen LogP contribution is -2.15. The molecular formula is C22H18FN3S. The minimum absolute atomic E-state index is 0.222. The van der Waals surface area contributed by atoms with Gasteiger partial charge < -0.3 is 4.98 Å². The van der Waals surface area contributed by atoms with Crippen LogP contribution in [0.15, 0.2) is 71.9 Å². The Hall–Kier alpha value is -2.63. The molecular weight excluding hydrogens is 357 g/mol. The van der Waals surface area contributed by atoms with E-state index in [0.717, 1.165) is 34.3 Å². The topological polar surface area (TPSA) is 31.9 Å². The fraction of sp³-hybridized carbons (Fsp3) is 0.136. The average molecular weight is 375 g/mol. The first kappa shape index (κ1) is 16.5. The van der Waals surface area contributed by atoms with Gasteiger partial charge in [0.2, 0.25) is 0 Å². The highest BCUT2D eigenvalue weighted by molar-refractivity contribution is 7.97. The van der Waals surface area contributed by atoms with Gasteiger partial charge in [0.15, 0.2) is 0 Å². The van der Waals surface area contributed by atoms with Gasteiger partial charge >= 0.3 is 0 Å². The van der Waals surface area contributed by atoms with E-state index >= 15 is 0 Å². The number of aromatic amines is 1. The molecule has 0 saturated carbocycles. The SMILES string of the molecule is CC1c2cc(-c3c[nH]c4cc(F)ccc34)ccc2SN1Cc1ccccn1. The highest BCUT2D eigenvalue weighted by Gasteiger charge is 2.28. The number of nitrogens with one attached hydrogen (secondary N) is 1. The van der Waals surface area contributed by atoms with Crippen LogP contribution in [0.4, 0.5) is 4.39 Å². The number of fused-ring (bicyclic) bond motifs is 2. The fourth-order valence-corrected chi connectivity index (χ4v) is 4.83. The van der Waals surface area contributed by atoms with Gasteiger partial charge in [-0.15, -0.1) is 0 Å². The van der Waals surface area contributed by atoms with Crippen LogP contribution >= 0.6 is 11.9 Å². The smallest absolute Gasteiger partial charge is 0.125 e. The Kier molecular flexibility index (Phi) is 3.99. The van der Waals surface area contributed by atoms with Crippen molar-refractivity contribution in [1.82, 2.24) is 14.3 Å². The van der Waals surface area contributed by atoms with Crippen molar-refractivity contribution >= 4 is 22.9 Å². The Labute approximate surface area is 161 Å². The van der Waals surface area contributed by atoms with Crippen LogP contribution in [0.25, 0.3) is 22.0 Å². The van der Waals surface area contributed by atoms with Crippen LogP contribution in [-0.4, -0.2) is 14.3 Å². The summed E-state index contributed by atoms with van der Waals surface area (Å²) in [5, 5.41) is 1.04. The molecule has 0 amide bonds. The third-order valence-electron chi connectivity index (χ3n) is 5.11. The molecule has 27 heavy (non-hydrogen) atoms. The second kappa shape index (κ2) is 6.51. The third-order valence-corrected chi connectivity index (χ3v) is 6.35. The molecule has 1 aliphatic rings. The van der Waals surface area contributed by atoms with Crippen molar-refractivity contribution in [3.8, 4) is 11.1 Å². The molecule has 1 aliphatic heterocycles. The maximum Gasteiger partial charge on any atom is 0.125 e. The number of hydrogen-bond acceptors (Lipinski definition) is 3. The van der Waals surface area contributed by atoms with Crippen LogP contribution in [-0.2, 0) is 6.54 Å². The van der Waals surface area contributed by atoms with Gasteiger partial charge in [-0.3, -0.25) is 4.98 Å². The Balaban J connectivity index is 1.48. The molecule has 2 aromatic carbocycles. The van der Waals surface area contributed by atoms with Gasteiger partial charge in [0, 0.05) is 39.8 Å². The zero-order valence-corrected chi connectivity index (χ0v) is 15.6. The van der Waals surface area contributed by atoms with Crippen molar-refractivity contribution in [3.63, 3.8) is 0 Å². The Morgan fingerprint density at radius 3 is 2.93 bits per heavy atom. The zero-order chi connectivity index (χ0) is 18.4. The van der Waals surface area contributed by atoms with Crippen molar-refractivity contribution in [1.29, 1.82) is 0 Å². The highest BCUT2D eigenvalue weighted by atomic mass is 32.2. The zero-order valence-electron chi connectivity index (χ0n) is 14.8. The molecule has 0 fully saturated rings. The van der Waals surface area contributed by atoms with E-state index in [1.165, 1.54) is 16.5 Å². The molecule has 3 nitrogen and oxygen atoms in total. The van der Waals surface area contributed by atoms with Crippen LogP contribution in [0.1, 0.15) is 24.2 Å². The number of aromatic nitrogens is 2. The maximum absolute atomic E-state index is 13.5. The molecule has 0 spiro atoms. The van der Waals surface area contributed by atoms with E-state index in [9.17, 15) is 4.39 Å². The molecule has 0 radical (unpaired) electrons. The first-order valence-electron chi connectivity index (χ1n) is 8.94. The monoisotopic (exact) mass is 375 g/mol. The Morgan fingerprint density at radius 2 is 2.07 bits per heavy atom. The summed E-state index contributed by atoms with van der Waals surface area (Å²) in [6, 6.07) is 17.8. The second-order valence-corrected chi connectivity index (χ2v) is 7.90. The summed E-state index contributed by atoms with van der Waals surface area (Å²) in [6.07, 6.45) is 3.80. The number of H-pyrrole nitrogens is 1. The molecule has 2 aromatic heterocycles. The first-order valence-corrected chi connectivity index (χ1v) is 9.72. The molecule has 0 saturated heterocycles. The summed E-state index contributed by atoms with van der Waals surface area (Å²) in [5.41, 5.74) is 5.48. The summed E-state index contributed by atoms with van der Waals surface area (Å²) in [7, 11) is 0. The lowest BCUT2D eigenvalue weighted by Gasteiger charge is -2.19. The third kappa shape index (κ3) is 2.93. The number of rotatable bonds is 3. The van der Waals surface area contributed by atoms with Gasteiger partial charge in [-0.2, -0.15) is 0 Å². The lowest BCUT2D eigenvalue weighted by molar-refractivity contribution is 0.384. The molecule has 3 heterocycles. The summed E-state index contributed by atoms with van der Waals surface area (Å²) in [6.45, 7) is 3.04. The predicted molar refractivity (Wildman–Crippen MR) is 108 cm³/mol. The fourth-order valence-electron chi connectivity index (χ4n) is 3.64. The molecule has 134 valence electrons. The second-order valence-electron chi connectivity index (χ2n) is 6.81. The molecule has 5 heteroatoms. The number of hydrogen-bond donors (Lipinski definition) is 1. The molecule has 0 bridgehead atoms. The van der Waals surface area contributed by atoms with Crippen LogP contribution in [0.2, 0.25) is 0 Å². The van der Waals surface area contributed by atoms with Gasteiger partial charge in [0.25, 0.3) is 0 Å². The standard InChI is InChI=1S/C22H18FN3S/c1-14-19-10-15(20-12-25-21-11-16(23)6-7-18(20)21)5-8-22(19)27-26(14)13-17-4-2-3-9-24-17/h2-12,14,25H,13H2,1H3. The highest BCUT2D eigenvalue weighted by Crippen LogP contribution is 2.46. The summed E-state index contributed by atoms with van der Waals surface area (Å²) in [5.74, 6) is -0.222. The predicted octanol–water partition coefficient (Wildman–Crippen LogP) is 5.95. The molecule has 4 aromatic rings. The van der Waals surface area contributed by atoms with Crippen LogP contribution in [0, 0.1) is 5.82 Å². The van der Waals surface area contributed by atoms with Gasteiger partial charge in [0.05, 0.1) is 12.2 Å². The molecule has 1 N–H and O–H groups in total. The molecule has 1 atom stereocenters. The van der Waals surface area contributed by atoms with E-state index in [2.05, 4.69) is 45.5 Å². The van der Waals surface area contributed by atoms with Crippen molar-refractivity contribution in [2.24, 2.45) is 0 Å². The number of pyridine rings is 1. The summed E-state index contributed by atoms with van der Waals surface area (Å²) < 4.78 is 15.8. The number of halogens is 1. The van der Waals surface area contributed by atoms with Gasteiger partial charge in [-0.05, 0) is 72.5 Å². The first-order chi connectivity index (χ1) is 13.2. The van der Waals surface area contributed by atoms with Gasteiger partial charge in [0.1, 0.15) is 5.82 Å². The quantitative estimate of drug-likeness (QED) is 0.449. The minimum atomic E-state index is -0.222. The normalized spacial score (nSPS) is 16.7. The summed E-state index contributed by atoms with van der Waals surface area (Å²) >= 11 is 1.79. The van der Waals surface area contributed by atoms with E-state index < -0.39 is 0 Å². The van der Waals surface area contributed by atoms with E-state index in [-0.39, 0.29) is 5.82 Å². The average Bonchev–Trinajstić information content (AvgIpc) is 3.23. The van der Waals surface area contributed by atoms with Gasteiger partial charge in [-0.25, -0.2) is 8.70 Å². The Bertz CT molecular complexity index is 1120. The molecule has 1 unspecified atom stereocenters. The van der Waals surface area contributed by atoms with Crippen molar-refractivity contribution < 1.29 is 4.39 Å². The Morgan fingerprint density at radius 1 is 1.15 bits per heavy atom. The lowest BCUT2D eigenvalue weighted by atomic mass is 9.99. The van der Waals surface area contributed by atoms with Gasteiger partial charge in [-0.1, -0.05) is 12.1 Å². The van der Waals surface area contributed by atoms with E-state index in [0.29, 0.717) is 6.04 Å². The van der Waals surface area contributed by atoms with Crippen molar-refractivity contribution in [2.45, 2.75) is 24.4 Å². The summed E-state index contributed by atoms with van der Waals surface area (Å²) in [4.78, 5) is 8.92. The van der Waals surface area contributed by atoms with E-state index in [1.807, 2.05) is 30.6 Å². The van der Waals surface area contributed by atoms with Crippen molar-refractivity contribution in [2.75, 3.05) is 0 Å². The van der Waals surface area contributed by atoms with E-state index in [4.69, 9.17) is 0 Å². The van der Waals surface area contributed by atoms with Crippen LogP contribution < -0.4 is 0 Å². The molecule has 5 rings (SSSR count). The van der Waals surface area contributed by atoms with Crippen LogP contribution in [0.5, 0.6) is 0 Å². The van der Waals surface area contributed by atoms with Crippen molar-refractivity contribution in [3.05, 3.63) is 84.1 Å². The number of nitrogens with zero attached hydrogens (tertiary/aromatic N) is 2.